The molecule has 1 aliphatic rings. The molecule has 0 amide bonds. The van der Waals surface area contributed by atoms with Crippen LogP contribution in [-0.4, -0.2) is 43.4 Å². The van der Waals surface area contributed by atoms with E-state index < -0.39 is 18.5 Å². The average molecular weight is 344 g/mol. The number of hydrogen-bond donors (Lipinski definition) is 1. The Morgan fingerprint density at radius 2 is 1.44 bits per heavy atom. The van der Waals surface area contributed by atoms with Gasteiger partial charge in [0.25, 0.3) is 0 Å². The highest BCUT2D eigenvalue weighted by atomic mass is 16.7. The minimum atomic E-state index is -1.04. The van der Waals surface area contributed by atoms with Crippen molar-refractivity contribution in [2.45, 2.75) is 37.8 Å². The molecule has 0 unspecified atom stereocenters. The van der Waals surface area contributed by atoms with E-state index in [0.717, 1.165) is 11.1 Å². The van der Waals surface area contributed by atoms with Crippen LogP contribution in [0.1, 0.15) is 11.1 Å². The van der Waals surface area contributed by atoms with Crippen molar-refractivity contribution in [3.63, 3.8) is 0 Å². The Balaban J connectivity index is 1.60. The number of aliphatic hydroxyl groups is 1. The molecule has 0 saturated carbocycles. The fraction of sp³-hybridized carbons (Fsp3) is 0.400. The minimum Gasteiger partial charge on any atom is -0.376 e. The molecule has 5 heteroatoms. The highest BCUT2D eigenvalue weighted by Crippen LogP contribution is 2.24. The first kappa shape index (κ1) is 18.0. The Morgan fingerprint density at radius 1 is 0.880 bits per heavy atom. The zero-order chi connectivity index (χ0) is 17.5. The molecule has 3 rings (SSSR count). The van der Waals surface area contributed by atoms with Crippen molar-refractivity contribution in [3.8, 4) is 0 Å². The van der Waals surface area contributed by atoms with Crippen LogP contribution in [0.15, 0.2) is 60.7 Å². The van der Waals surface area contributed by atoms with Crippen LogP contribution in [0, 0.1) is 0 Å². The summed E-state index contributed by atoms with van der Waals surface area (Å²) < 4.78 is 22.9. The van der Waals surface area contributed by atoms with Gasteiger partial charge in [0.05, 0.1) is 19.8 Å². The molecule has 0 bridgehead atoms. The predicted octanol–water partition coefficient (Wildman–Crippen LogP) is 2.52. The topological polar surface area (TPSA) is 57.2 Å². The summed E-state index contributed by atoms with van der Waals surface area (Å²) in [6.45, 7) is 1.09. The summed E-state index contributed by atoms with van der Waals surface area (Å²) in [4.78, 5) is 0. The van der Waals surface area contributed by atoms with Crippen LogP contribution in [0.2, 0.25) is 0 Å². The van der Waals surface area contributed by atoms with Crippen LogP contribution in [0.5, 0.6) is 0 Å². The van der Waals surface area contributed by atoms with Gasteiger partial charge in [0.15, 0.2) is 6.29 Å². The number of ether oxygens (including phenoxy) is 4. The molecule has 1 fully saturated rings. The summed E-state index contributed by atoms with van der Waals surface area (Å²) in [6.07, 6.45) is -2.37. The molecule has 0 radical (unpaired) electrons. The normalized spacial score (nSPS) is 26.5. The quantitative estimate of drug-likeness (QED) is 0.836. The van der Waals surface area contributed by atoms with E-state index in [1.165, 1.54) is 0 Å². The molecule has 4 atom stereocenters. The summed E-state index contributed by atoms with van der Waals surface area (Å²) in [5.41, 5.74) is 2.10. The number of hydrogen-bond acceptors (Lipinski definition) is 5. The maximum atomic E-state index is 10.2. The smallest absolute Gasteiger partial charge is 0.183 e. The van der Waals surface area contributed by atoms with Crippen molar-refractivity contribution in [2.24, 2.45) is 0 Å². The first-order chi connectivity index (χ1) is 12.3. The van der Waals surface area contributed by atoms with E-state index >= 15 is 0 Å². The molecule has 1 N–H and O–H groups in total. The summed E-state index contributed by atoms with van der Waals surface area (Å²) in [6, 6.07) is 19.7. The molecule has 1 aliphatic heterocycles. The van der Waals surface area contributed by atoms with Gasteiger partial charge in [-0.15, -0.1) is 0 Å². The second kappa shape index (κ2) is 9.08. The van der Waals surface area contributed by atoms with Gasteiger partial charge in [-0.3, -0.25) is 0 Å². The molecule has 25 heavy (non-hydrogen) atoms. The molecule has 2 aromatic carbocycles. The molecule has 0 aliphatic carbocycles. The molecule has 134 valence electrons. The molecular formula is C20H24O5. The molecule has 0 aromatic heterocycles. The molecule has 1 saturated heterocycles. The van der Waals surface area contributed by atoms with Crippen LogP contribution >= 0.6 is 0 Å². The number of aliphatic hydroxyl groups excluding tert-OH is 1. The van der Waals surface area contributed by atoms with Crippen molar-refractivity contribution in [2.75, 3.05) is 13.7 Å². The third-order valence-corrected chi connectivity index (χ3v) is 4.27. The number of benzene rings is 2. The second-order valence-corrected chi connectivity index (χ2v) is 6.02. The molecule has 2 aromatic rings. The predicted molar refractivity (Wildman–Crippen MR) is 92.8 cm³/mol. The van der Waals surface area contributed by atoms with Gasteiger partial charge < -0.3 is 24.1 Å². The lowest BCUT2D eigenvalue weighted by molar-refractivity contribution is -0.280. The fourth-order valence-corrected chi connectivity index (χ4v) is 2.91. The van der Waals surface area contributed by atoms with E-state index in [4.69, 9.17) is 18.9 Å². The zero-order valence-electron chi connectivity index (χ0n) is 14.3. The maximum Gasteiger partial charge on any atom is 0.183 e. The van der Waals surface area contributed by atoms with Gasteiger partial charge in [-0.1, -0.05) is 60.7 Å². The largest absolute Gasteiger partial charge is 0.376 e. The van der Waals surface area contributed by atoms with Gasteiger partial charge in [-0.05, 0) is 11.1 Å². The zero-order valence-corrected chi connectivity index (χ0v) is 14.3. The van der Waals surface area contributed by atoms with E-state index in [9.17, 15) is 5.11 Å². The van der Waals surface area contributed by atoms with E-state index in [1.807, 2.05) is 60.7 Å². The standard InChI is InChI=1S/C20H24O5/c1-22-18-17(23-12-15-8-4-2-5-9-15)14-25-20(21)19(18)24-13-16-10-6-3-7-11-16/h2-11,17-21H,12-14H2,1H3/t17-,18+,19-,20+/m1/s1. The fourth-order valence-electron chi connectivity index (χ4n) is 2.91. The molecular weight excluding hydrogens is 320 g/mol. The van der Waals surface area contributed by atoms with Crippen LogP contribution < -0.4 is 0 Å². The van der Waals surface area contributed by atoms with Gasteiger partial charge in [0.1, 0.15) is 18.3 Å². The van der Waals surface area contributed by atoms with Crippen molar-refractivity contribution in [3.05, 3.63) is 71.8 Å². The maximum absolute atomic E-state index is 10.2. The van der Waals surface area contributed by atoms with Crippen LogP contribution in [-0.2, 0) is 32.2 Å². The van der Waals surface area contributed by atoms with Gasteiger partial charge in [0.2, 0.25) is 0 Å². The third-order valence-electron chi connectivity index (χ3n) is 4.27. The summed E-state index contributed by atoms with van der Waals surface area (Å²) in [5, 5.41) is 10.2. The number of rotatable bonds is 7. The van der Waals surface area contributed by atoms with Crippen molar-refractivity contribution in [1.82, 2.24) is 0 Å². The van der Waals surface area contributed by atoms with Crippen LogP contribution in [0.3, 0.4) is 0 Å². The van der Waals surface area contributed by atoms with Crippen LogP contribution in [0.4, 0.5) is 0 Å². The second-order valence-electron chi connectivity index (χ2n) is 6.02. The van der Waals surface area contributed by atoms with Gasteiger partial charge in [-0.25, -0.2) is 0 Å². The van der Waals surface area contributed by atoms with Crippen molar-refractivity contribution < 1.29 is 24.1 Å². The first-order valence-corrected chi connectivity index (χ1v) is 8.41. The summed E-state index contributed by atoms with van der Waals surface area (Å²) in [5.74, 6) is 0. The highest BCUT2D eigenvalue weighted by molar-refractivity contribution is 5.14. The molecule has 1 heterocycles. The van der Waals surface area contributed by atoms with Gasteiger partial charge in [-0.2, -0.15) is 0 Å². The lowest BCUT2D eigenvalue weighted by Gasteiger charge is -2.39. The third kappa shape index (κ3) is 4.87. The Bertz CT molecular complexity index is 618. The Hall–Kier alpha value is -1.76. The lowest BCUT2D eigenvalue weighted by atomic mass is 10.0. The van der Waals surface area contributed by atoms with E-state index in [0.29, 0.717) is 13.2 Å². The molecule has 0 spiro atoms. The Morgan fingerprint density at radius 3 is 2.00 bits per heavy atom. The SMILES string of the molecule is CO[C@@H]1[C@@H](OCc2ccccc2)[C@@H](O)OC[C@H]1OCc1ccccc1. The minimum absolute atomic E-state index is 0.262. The monoisotopic (exact) mass is 344 g/mol. The number of methoxy groups -OCH3 is 1. The average Bonchev–Trinajstić information content (AvgIpc) is 2.67. The van der Waals surface area contributed by atoms with E-state index in [-0.39, 0.29) is 12.7 Å². The van der Waals surface area contributed by atoms with Gasteiger partial charge in [0, 0.05) is 7.11 Å². The van der Waals surface area contributed by atoms with Crippen molar-refractivity contribution >= 4 is 0 Å². The summed E-state index contributed by atoms with van der Waals surface area (Å²) >= 11 is 0. The Kier molecular flexibility index (Phi) is 6.55. The van der Waals surface area contributed by atoms with E-state index in [2.05, 4.69) is 0 Å². The molecule has 5 nitrogen and oxygen atoms in total. The highest BCUT2D eigenvalue weighted by Gasteiger charge is 2.41. The van der Waals surface area contributed by atoms with Crippen molar-refractivity contribution in [1.29, 1.82) is 0 Å². The summed E-state index contributed by atoms with van der Waals surface area (Å²) in [7, 11) is 1.60. The van der Waals surface area contributed by atoms with Gasteiger partial charge >= 0.3 is 0 Å². The lowest BCUT2D eigenvalue weighted by Crippen LogP contribution is -2.55. The Labute approximate surface area is 148 Å². The van der Waals surface area contributed by atoms with E-state index in [1.54, 1.807) is 7.11 Å². The first-order valence-electron chi connectivity index (χ1n) is 8.41. The van der Waals surface area contributed by atoms with Crippen LogP contribution in [0.25, 0.3) is 0 Å².